The molecule has 1 aliphatic heterocycles. The molecule has 1 unspecified atom stereocenters. The number of morpholine rings is 1. The first-order valence-corrected chi connectivity index (χ1v) is 7.86. The maximum absolute atomic E-state index is 11.4. The molecule has 0 amide bonds. The summed E-state index contributed by atoms with van der Waals surface area (Å²) in [5.74, 6) is 0.710. The van der Waals surface area contributed by atoms with Crippen molar-refractivity contribution in [3.05, 3.63) is 27.8 Å². The average Bonchev–Trinajstić information content (AvgIpc) is 2.48. The van der Waals surface area contributed by atoms with E-state index in [-0.39, 0.29) is 29.7 Å². The van der Waals surface area contributed by atoms with Gasteiger partial charge in [-0.05, 0) is 33.8 Å². The zero-order valence-corrected chi connectivity index (χ0v) is 14.0. The number of rotatable bonds is 6. The molecule has 0 saturated carbocycles. The predicted octanol–water partition coefficient (Wildman–Crippen LogP) is 2.83. The molecule has 1 N–H and O–H groups in total. The van der Waals surface area contributed by atoms with Gasteiger partial charge < -0.3 is 19.5 Å². The van der Waals surface area contributed by atoms with Crippen molar-refractivity contribution in [3.63, 3.8) is 0 Å². The SMILES string of the molecule is CC(C)Oc1cc([N+](=O)[O-])c(OC(C)C)cc1C1CNCCO1. The third-order valence-corrected chi connectivity index (χ3v) is 3.29. The minimum atomic E-state index is -0.450. The zero-order valence-electron chi connectivity index (χ0n) is 14.0. The fourth-order valence-electron chi connectivity index (χ4n) is 2.43. The van der Waals surface area contributed by atoms with Gasteiger partial charge in [0.05, 0.1) is 35.9 Å². The lowest BCUT2D eigenvalue weighted by Gasteiger charge is -2.27. The van der Waals surface area contributed by atoms with E-state index >= 15 is 0 Å². The third-order valence-electron chi connectivity index (χ3n) is 3.29. The van der Waals surface area contributed by atoms with E-state index in [1.54, 1.807) is 6.07 Å². The molecule has 0 radical (unpaired) electrons. The fraction of sp³-hybridized carbons (Fsp3) is 0.625. The van der Waals surface area contributed by atoms with Crippen molar-refractivity contribution < 1.29 is 19.1 Å². The summed E-state index contributed by atoms with van der Waals surface area (Å²) in [6.07, 6.45) is -0.474. The van der Waals surface area contributed by atoms with Gasteiger partial charge in [-0.25, -0.2) is 0 Å². The van der Waals surface area contributed by atoms with Crippen LogP contribution in [0.5, 0.6) is 11.5 Å². The summed E-state index contributed by atoms with van der Waals surface area (Å²) < 4.78 is 17.2. The van der Waals surface area contributed by atoms with Gasteiger partial charge in [-0.3, -0.25) is 10.1 Å². The number of ether oxygens (including phenoxy) is 3. The Hall–Kier alpha value is -1.86. The van der Waals surface area contributed by atoms with Gasteiger partial charge in [-0.1, -0.05) is 0 Å². The Labute approximate surface area is 136 Å². The number of nitrogens with zero attached hydrogens (tertiary/aromatic N) is 1. The smallest absolute Gasteiger partial charge is 0.314 e. The number of nitro groups is 1. The van der Waals surface area contributed by atoms with Crippen LogP contribution in [0.4, 0.5) is 5.69 Å². The maximum Gasteiger partial charge on any atom is 0.314 e. The molecule has 23 heavy (non-hydrogen) atoms. The Morgan fingerprint density at radius 1 is 1.22 bits per heavy atom. The molecular formula is C16H24N2O5. The lowest BCUT2D eigenvalue weighted by molar-refractivity contribution is -0.386. The Bertz CT molecular complexity index is 554. The Morgan fingerprint density at radius 2 is 1.87 bits per heavy atom. The third kappa shape index (κ3) is 4.56. The average molecular weight is 324 g/mol. The van der Waals surface area contributed by atoms with Crippen molar-refractivity contribution in [3.8, 4) is 11.5 Å². The number of nitro benzene ring substituents is 1. The first-order chi connectivity index (χ1) is 10.9. The normalized spacial score (nSPS) is 18.3. The van der Waals surface area contributed by atoms with Gasteiger partial charge in [-0.2, -0.15) is 0 Å². The molecule has 1 aromatic rings. The van der Waals surface area contributed by atoms with Gasteiger partial charge in [0.15, 0.2) is 5.75 Å². The van der Waals surface area contributed by atoms with Crippen LogP contribution in [0.15, 0.2) is 12.1 Å². The molecule has 0 bridgehead atoms. The second-order valence-corrected chi connectivity index (χ2v) is 6.01. The van der Waals surface area contributed by atoms with Crippen LogP contribution < -0.4 is 14.8 Å². The molecule has 1 aromatic carbocycles. The van der Waals surface area contributed by atoms with E-state index in [1.807, 2.05) is 27.7 Å². The molecule has 1 saturated heterocycles. The summed E-state index contributed by atoms with van der Waals surface area (Å²) in [4.78, 5) is 10.9. The molecule has 1 atom stereocenters. The van der Waals surface area contributed by atoms with Gasteiger partial charge in [0.1, 0.15) is 5.75 Å². The fourth-order valence-corrected chi connectivity index (χ4v) is 2.43. The molecule has 0 aliphatic carbocycles. The van der Waals surface area contributed by atoms with E-state index < -0.39 is 4.92 Å². The van der Waals surface area contributed by atoms with Gasteiger partial charge >= 0.3 is 5.69 Å². The van der Waals surface area contributed by atoms with Crippen molar-refractivity contribution in [2.45, 2.75) is 46.0 Å². The van der Waals surface area contributed by atoms with E-state index in [0.29, 0.717) is 18.9 Å². The maximum atomic E-state index is 11.4. The van der Waals surface area contributed by atoms with Crippen LogP contribution in [0, 0.1) is 10.1 Å². The molecule has 128 valence electrons. The number of benzene rings is 1. The largest absolute Gasteiger partial charge is 0.490 e. The number of hydrogen-bond acceptors (Lipinski definition) is 6. The highest BCUT2D eigenvalue weighted by Gasteiger charge is 2.27. The molecule has 7 heteroatoms. The molecule has 2 rings (SSSR count). The van der Waals surface area contributed by atoms with E-state index in [9.17, 15) is 10.1 Å². The Morgan fingerprint density at radius 3 is 2.39 bits per heavy atom. The van der Waals surface area contributed by atoms with Crippen LogP contribution in [0.3, 0.4) is 0 Å². The van der Waals surface area contributed by atoms with Gasteiger partial charge in [0, 0.05) is 18.7 Å². The first kappa shape index (κ1) is 17.5. The Kier molecular flexibility index (Phi) is 5.79. The van der Waals surface area contributed by atoms with Crippen molar-refractivity contribution in [2.24, 2.45) is 0 Å². The van der Waals surface area contributed by atoms with Crippen LogP contribution in [0.1, 0.15) is 39.4 Å². The summed E-state index contributed by atoms with van der Waals surface area (Å²) in [7, 11) is 0. The molecule has 0 aromatic heterocycles. The summed E-state index contributed by atoms with van der Waals surface area (Å²) >= 11 is 0. The molecule has 0 spiro atoms. The highest BCUT2D eigenvalue weighted by molar-refractivity contribution is 5.56. The quantitative estimate of drug-likeness (QED) is 0.640. The number of nitrogens with one attached hydrogen (secondary N) is 1. The molecular weight excluding hydrogens is 300 g/mol. The van der Waals surface area contributed by atoms with E-state index in [4.69, 9.17) is 14.2 Å². The van der Waals surface area contributed by atoms with E-state index in [2.05, 4.69) is 5.32 Å². The van der Waals surface area contributed by atoms with Gasteiger partial charge in [0.25, 0.3) is 0 Å². The second kappa shape index (κ2) is 7.61. The summed E-state index contributed by atoms with van der Waals surface area (Å²) in [6.45, 7) is 9.44. The molecule has 7 nitrogen and oxygen atoms in total. The monoisotopic (exact) mass is 324 g/mol. The molecule has 1 fully saturated rings. The minimum absolute atomic E-state index is 0.0955. The van der Waals surface area contributed by atoms with Crippen molar-refractivity contribution in [1.82, 2.24) is 5.32 Å². The summed E-state index contributed by atoms with van der Waals surface area (Å²) in [5.41, 5.74) is 0.675. The standard InChI is InChI=1S/C16H24N2O5/c1-10(2)22-14-8-13(18(19)20)15(23-11(3)4)7-12(14)16-9-17-5-6-21-16/h7-8,10-11,16-17H,5-6,9H2,1-4H3. The minimum Gasteiger partial charge on any atom is -0.490 e. The van der Waals surface area contributed by atoms with E-state index in [1.165, 1.54) is 6.07 Å². The van der Waals surface area contributed by atoms with Crippen LogP contribution in [-0.2, 0) is 4.74 Å². The van der Waals surface area contributed by atoms with Crippen LogP contribution >= 0.6 is 0 Å². The highest BCUT2D eigenvalue weighted by Crippen LogP contribution is 2.39. The van der Waals surface area contributed by atoms with Crippen molar-refractivity contribution in [1.29, 1.82) is 0 Å². The number of hydrogen-bond donors (Lipinski definition) is 1. The first-order valence-electron chi connectivity index (χ1n) is 7.86. The molecule has 1 aliphatic rings. The van der Waals surface area contributed by atoms with E-state index in [0.717, 1.165) is 12.1 Å². The van der Waals surface area contributed by atoms with Crippen LogP contribution in [0.2, 0.25) is 0 Å². The highest BCUT2D eigenvalue weighted by atomic mass is 16.6. The van der Waals surface area contributed by atoms with Crippen LogP contribution in [-0.4, -0.2) is 36.8 Å². The van der Waals surface area contributed by atoms with Gasteiger partial charge in [0.2, 0.25) is 0 Å². The lowest BCUT2D eigenvalue weighted by atomic mass is 10.1. The predicted molar refractivity (Wildman–Crippen MR) is 86.2 cm³/mol. The second-order valence-electron chi connectivity index (χ2n) is 6.01. The molecule has 1 heterocycles. The van der Waals surface area contributed by atoms with Crippen LogP contribution in [0.25, 0.3) is 0 Å². The summed E-state index contributed by atoms with van der Waals surface area (Å²) in [6, 6.07) is 3.11. The lowest BCUT2D eigenvalue weighted by Crippen LogP contribution is -2.33. The topological polar surface area (TPSA) is 82.9 Å². The van der Waals surface area contributed by atoms with Crippen molar-refractivity contribution >= 4 is 5.69 Å². The zero-order chi connectivity index (χ0) is 17.0. The van der Waals surface area contributed by atoms with Crippen molar-refractivity contribution in [2.75, 3.05) is 19.7 Å². The Balaban J connectivity index is 2.48. The van der Waals surface area contributed by atoms with Gasteiger partial charge in [-0.15, -0.1) is 0 Å². The summed E-state index contributed by atoms with van der Waals surface area (Å²) in [5, 5.41) is 14.6.